The zero-order valence-corrected chi connectivity index (χ0v) is 10.1. The van der Waals surface area contributed by atoms with Crippen molar-refractivity contribution in [3.8, 4) is 0 Å². The lowest BCUT2D eigenvalue weighted by atomic mass is 10.4. The molecule has 0 aliphatic heterocycles. The highest BCUT2D eigenvalue weighted by Crippen LogP contribution is 2.13. The lowest BCUT2D eigenvalue weighted by molar-refractivity contribution is -0.386. The first-order valence-electron chi connectivity index (χ1n) is 3.66. The second-order valence-corrected chi connectivity index (χ2v) is 4.20. The number of hydrogen-bond acceptors (Lipinski definition) is 3. The molecule has 0 unspecified atom stereocenters. The zero-order chi connectivity index (χ0) is 10.7. The van der Waals surface area contributed by atoms with Crippen LogP contribution in [0, 0.1) is 10.1 Å². The molecule has 0 aliphatic carbocycles. The Balaban J connectivity index is 3.32. The van der Waals surface area contributed by atoms with Gasteiger partial charge in [0.25, 0.3) is 0 Å². The Morgan fingerprint density at radius 3 is 2.71 bits per heavy atom. The van der Waals surface area contributed by atoms with Gasteiger partial charge >= 0.3 is 11.2 Å². The molecule has 0 atom stereocenters. The van der Waals surface area contributed by atoms with Crippen LogP contribution in [0.2, 0.25) is 0 Å². The second kappa shape index (κ2) is 4.70. The molecule has 1 heterocycles. The molecule has 0 saturated heterocycles. The minimum absolute atomic E-state index is 0.402. The summed E-state index contributed by atoms with van der Waals surface area (Å²) in [5.41, 5.74) is -1.00. The van der Waals surface area contributed by atoms with Crippen LogP contribution in [0.15, 0.2) is 21.5 Å². The van der Waals surface area contributed by atoms with Crippen LogP contribution in [0.4, 0.5) is 5.69 Å². The lowest BCUT2D eigenvalue weighted by Crippen LogP contribution is -2.22. The van der Waals surface area contributed by atoms with Crippen molar-refractivity contribution in [1.29, 1.82) is 0 Å². The maximum Gasteiger partial charge on any atom is 0.335 e. The van der Waals surface area contributed by atoms with E-state index in [4.69, 9.17) is 0 Å². The predicted octanol–water partition coefficient (Wildman–Crippen LogP) is 1.91. The standard InChI is InChI=1S/C7H6Br2N2O3/c8-1-2-10-4-5(9)3-6(7(10)12)11(13)14/h3-4H,1-2H2. The van der Waals surface area contributed by atoms with Crippen LogP contribution in [0.25, 0.3) is 0 Å². The number of pyridine rings is 1. The van der Waals surface area contributed by atoms with E-state index in [9.17, 15) is 14.9 Å². The number of halogens is 2. The fourth-order valence-electron chi connectivity index (χ4n) is 0.972. The smallest absolute Gasteiger partial charge is 0.308 e. The van der Waals surface area contributed by atoms with Crippen molar-refractivity contribution in [2.24, 2.45) is 0 Å². The molecule has 0 saturated carbocycles. The van der Waals surface area contributed by atoms with E-state index in [1.807, 2.05) is 0 Å². The van der Waals surface area contributed by atoms with Gasteiger partial charge in [0, 0.05) is 28.6 Å². The molecule has 0 bridgehead atoms. The summed E-state index contributed by atoms with van der Waals surface area (Å²) >= 11 is 6.27. The average molecular weight is 326 g/mol. The summed E-state index contributed by atoms with van der Waals surface area (Å²) < 4.78 is 1.81. The van der Waals surface area contributed by atoms with E-state index in [0.717, 1.165) is 0 Å². The molecule has 1 aromatic rings. The van der Waals surface area contributed by atoms with Crippen LogP contribution >= 0.6 is 31.9 Å². The van der Waals surface area contributed by atoms with Crippen molar-refractivity contribution in [2.45, 2.75) is 6.54 Å². The van der Waals surface area contributed by atoms with E-state index in [2.05, 4.69) is 31.9 Å². The molecule has 76 valence electrons. The van der Waals surface area contributed by atoms with Crippen molar-refractivity contribution >= 4 is 37.5 Å². The Hall–Kier alpha value is -0.690. The van der Waals surface area contributed by atoms with Gasteiger partial charge in [-0.05, 0) is 15.9 Å². The van der Waals surface area contributed by atoms with Crippen molar-refractivity contribution in [2.75, 3.05) is 5.33 Å². The first-order valence-corrected chi connectivity index (χ1v) is 5.58. The highest BCUT2D eigenvalue weighted by atomic mass is 79.9. The Labute approximate surface area is 96.1 Å². The molecule has 0 N–H and O–H groups in total. The molecule has 7 heteroatoms. The molecule has 1 aromatic heterocycles. The molecule has 0 aliphatic rings. The van der Waals surface area contributed by atoms with Crippen LogP contribution < -0.4 is 5.56 Å². The summed E-state index contributed by atoms with van der Waals surface area (Å²) in [7, 11) is 0. The van der Waals surface area contributed by atoms with Gasteiger partial charge in [0.05, 0.1) is 4.92 Å². The summed E-state index contributed by atoms with van der Waals surface area (Å²) in [5, 5.41) is 11.1. The van der Waals surface area contributed by atoms with Crippen molar-refractivity contribution in [3.63, 3.8) is 0 Å². The fraction of sp³-hybridized carbons (Fsp3) is 0.286. The van der Waals surface area contributed by atoms with Crippen LogP contribution in [0.3, 0.4) is 0 Å². The molecule has 0 fully saturated rings. The first kappa shape index (κ1) is 11.4. The molecular formula is C7H6Br2N2O3. The Morgan fingerprint density at radius 2 is 2.21 bits per heavy atom. The normalized spacial score (nSPS) is 10.1. The highest BCUT2D eigenvalue weighted by molar-refractivity contribution is 9.10. The molecular weight excluding hydrogens is 320 g/mol. The maximum absolute atomic E-state index is 11.4. The van der Waals surface area contributed by atoms with Gasteiger partial charge in [0.2, 0.25) is 0 Å². The quantitative estimate of drug-likeness (QED) is 0.484. The summed E-state index contributed by atoms with van der Waals surface area (Å²) in [6.45, 7) is 0.402. The third-order valence-electron chi connectivity index (χ3n) is 1.56. The van der Waals surface area contributed by atoms with Crippen LogP contribution in [0.5, 0.6) is 0 Å². The lowest BCUT2D eigenvalue weighted by Gasteiger charge is -2.02. The Morgan fingerprint density at radius 1 is 1.57 bits per heavy atom. The van der Waals surface area contributed by atoms with Gasteiger partial charge in [-0.3, -0.25) is 14.9 Å². The van der Waals surface area contributed by atoms with Gasteiger partial charge in [-0.2, -0.15) is 0 Å². The topological polar surface area (TPSA) is 65.1 Å². The number of hydrogen-bond donors (Lipinski definition) is 0. The number of rotatable bonds is 3. The Kier molecular flexibility index (Phi) is 3.82. The predicted molar refractivity (Wildman–Crippen MR) is 58.9 cm³/mol. The number of aromatic nitrogens is 1. The molecule has 1 rings (SSSR count). The van der Waals surface area contributed by atoms with Gasteiger partial charge < -0.3 is 4.57 Å². The van der Waals surface area contributed by atoms with Crippen molar-refractivity contribution < 1.29 is 4.92 Å². The molecule has 0 spiro atoms. The number of aryl methyl sites for hydroxylation is 1. The van der Waals surface area contributed by atoms with E-state index < -0.39 is 16.2 Å². The SMILES string of the molecule is O=c1c([N+](=O)[O-])cc(Br)cn1CCBr. The minimum atomic E-state index is -0.683. The summed E-state index contributed by atoms with van der Waals surface area (Å²) in [4.78, 5) is 21.2. The third kappa shape index (κ3) is 2.42. The monoisotopic (exact) mass is 324 g/mol. The molecule has 0 amide bonds. The van der Waals surface area contributed by atoms with Gasteiger partial charge in [0.15, 0.2) is 0 Å². The highest BCUT2D eigenvalue weighted by Gasteiger charge is 2.15. The summed E-state index contributed by atoms with van der Waals surface area (Å²) in [6.07, 6.45) is 1.52. The second-order valence-electron chi connectivity index (χ2n) is 2.49. The van der Waals surface area contributed by atoms with E-state index in [0.29, 0.717) is 16.3 Å². The van der Waals surface area contributed by atoms with Gasteiger partial charge in [-0.15, -0.1) is 0 Å². The minimum Gasteiger partial charge on any atom is -0.308 e. The van der Waals surface area contributed by atoms with E-state index >= 15 is 0 Å². The third-order valence-corrected chi connectivity index (χ3v) is 2.34. The van der Waals surface area contributed by atoms with Crippen molar-refractivity contribution in [3.05, 3.63) is 37.2 Å². The fourth-order valence-corrected chi connectivity index (χ4v) is 1.82. The summed E-state index contributed by atoms with van der Waals surface area (Å²) in [5.74, 6) is 0. The molecule has 0 radical (unpaired) electrons. The largest absolute Gasteiger partial charge is 0.335 e. The van der Waals surface area contributed by atoms with Crippen LogP contribution in [0.1, 0.15) is 0 Å². The van der Waals surface area contributed by atoms with Gasteiger partial charge in [0.1, 0.15) is 0 Å². The summed E-state index contributed by atoms with van der Waals surface area (Å²) in [6, 6.07) is 1.20. The van der Waals surface area contributed by atoms with E-state index in [-0.39, 0.29) is 0 Å². The van der Waals surface area contributed by atoms with Gasteiger partial charge in [-0.1, -0.05) is 15.9 Å². The zero-order valence-electron chi connectivity index (χ0n) is 6.94. The number of nitro groups is 1. The Bertz CT molecular complexity index is 416. The number of nitrogens with zero attached hydrogens (tertiary/aromatic N) is 2. The molecule has 5 nitrogen and oxygen atoms in total. The van der Waals surface area contributed by atoms with Gasteiger partial charge in [-0.25, -0.2) is 0 Å². The number of alkyl halides is 1. The van der Waals surface area contributed by atoms with E-state index in [1.54, 1.807) is 0 Å². The maximum atomic E-state index is 11.4. The van der Waals surface area contributed by atoms with Crippen molar-refractivity contribution in [1.82, 2.24) is 4.57 Å². The van der Waals surface area contributed by atoms with Crippen LogP contribution in [-0.2, 0) is 6.54 Å². The molecule has 0 aromatic carbocycles. The van der Waals surface area contributed by atoms with E-state index in [1.165, 1.54) is 16.8 Å². The van der Waals surface area contributed by atoms with Crippen LogP contribution in [-0.4, -0.2) is 14.8 Å². The first-order chi connectivity index (χ1) is 6.56. The molecule has 14 heavy (non-hydrogen) atoms. The average Bonchev–Trinajstić information content (AvgIpc) is 2.10.